The van der Waals surface area contributed by atoms with Crippen molar-refractivity contribution in [3.05, 3.63) is 34.9 Å². The highest BCUT2D eigenvalue weighted by Crippen LogP contribution is 2.25. The number of hydrogen-bond donors (Lipinski definition) is 1. The smallest absolute Gasteiger partial charge is 0.253 e. The minimum atomic E-state index is 0.136. The standard InChI is InChI=1S/C14H17ClN2O/c15-12-3-1-10(2-4-12)14(18)17-8-6-13-11(9-17)5-7-16-13/h1-4,11,13,16H,5-9H2. The van der Waals surface area contributed by atoms with Gasteiger partial charge in [0, 0.05) is 29.7 Å². The van der Waals surface area contributed by atoms with E-state index < -0.39 is 0 Å². The number of amides is 1. The van der Waals surface area contributed by atoms with Gasteiger partial charge in [0.2, 0.25) is 0 Å². The van der Waals surface area contributed by atoms with Crippen LogP contribution in [0.25, 0.3) is 0 Å². The van der Waals surface area contributed by atoms with E-state index in [1.54, 1.807) is 12.1 Å². The fraction of sp³-hybridized carbons (Fsp3) is 0.500. The van der Waals surface area contributed by atoms with Crippen LogP contribution in [0.4, 0.5) is 0 Å². The molecule has 4 heteroatoms. The first-order valence-electron chi connectivity index (χ1n) is 6.52. The maximum atomic E-state index is 12.4. The van der Waals surface area contributed by atoms with Crippen molar-refractivity contribution in [1.29, 1.82) is 0 Å². The molecule has 1 amide bonds. The van der Waals surface area contributed by atoms with Gasteiger partial charge in [-0.2, -0.15) is 0 Å². The maximum absolute atomic E-state index is 12.4. The van der Waals surface area contributed by atoms with E-state index in [9.17, 15) is 4.79 Å². The van der Waals surface area contributed by atoms with Gasteiger partial charge in [-0.1, -0.05) is 11.6 Å². The first kappa shape index (κ1) is 12.0. The maximum Gasteiger partial charge on any atom is 0.253 e. The molecular weight excluding hydrogens is 248 g/mol. The van der Waals surface area contributed by atoms with E-state index >= 15 is 0 Å². The molecule has 2 saturated heterocycles. The van der Waals surface area contributed by atoms with Crippen LogP contribution in [0.2, 0.25) is 5.02 Å². The van der Waals surface area contributed by atoms with Crippen molar-refractivity contribution in [1.82, 2.24) is 10.2 Å². The van der Waals surface area contributed by atoms with Crippen LogP contribution >= 0.6 is 11.6 Å². The molecule has 1 aromatic rings. The molecule has 0 radical (unpaired) electrons. The SMILES string of the molecule is O=C(c1ccc(Cl)cc1)N1CCC2NCCC2C1. The van der Waals surface area contributed by atoms with Gasteiger partial charge in [-0.25, -0.2) is 0 Å². The summed E-state index contributed by atoms with van der Waals surface area (Å²) in [6.07, 6.45) is 2.26. The van der Waals surface area contributed by atoms with Crippen molar-refractivity contribution < 1.29 is 4.79 Å². The van der Waals surface area contributed by atoms with Crippen LogP contribution in [-0.2, 0) is 0 Å². The first-order valence-corrected chi connectivity index (χ1v) is 6.90. The highest BCUT2D eigenvalue weighted by molar-refractivity contribution is 6.30. The molecule has 2 heterocycles. The Labute approximate surface area is 112 Å². The van der Waals surface area contributed by atoms with E-state index in [1.165, 1.54) is 6.42 Å². The Morgan fingerprint density at radius 3 is 2.83 bits per heavy atom. The summed E-state index contributed by atoms with van der Waals surface area (Å²) in [5.74, 6) is 0.770. The van der Waals surface area contributed by atoms with Crippen LogP contribution in [0.15, 0.2) is 24.3 Å². The molecule has 2 aliphatic rings. The number of benzene rings is 1. The predicted octanol–water partition coefficient (Wildman–Crippen LogP) is 2.16. The average molecular weight is 265 g/mol. The second-order valence-electron chi connectivity index (χ2n) is 5.16. The number of rotatable bonds is 1. The Balaban J connectivity index is 1.71. The lowest BCUT2D eigenvalue weighted by atomic mass is 9.93. The zero-order valence-electron chi connectivity index (χ0n) is 10.2. The average Bonchev–Trinajstić information content (AvgIpc) is 2.86. The number of likely N-dealkylation sites (tertiary alicyclic amines) is 1. The number of nitrogens with zero attached hydrogens (tertiary/aromatic N) is 1. The lowest BCUT2D eigenvalue weighted by Gasteiger charge is -2.34. The third-order valence-electron chi connectivity index (χ3n) is 4.03. The summed E-state index contributed by atoms with van der Waals surface area (Å²) in [4.78, 5) is 14.3. The minimum Gasteiger partial charge on any atom is -0.338 e. The summed E-state index contributed by atoms with van der Waals surface area (Å²) in [6, 6.07) is 7.80. The number of hydrogen-bond acceptors (Lipinski definition) is 2. The Bertz CT molecular complexity index is 446. The van der Waals surface area contributed by atoms with E-state index in [-0.39, 0.29) is 5.91 Å². The molecule has 2 unspecified atom stereocenters. The summed E-state index contributed by atoms with van der Waals surface area (Å²) in [5.41, 5.74) is 0.740. The lowest BCUT2D eigenvalue weighted by molar-refractivity contribution is 0.0662. The first-order chi connectivity index (χ1) is 8.74. The summed E-state index contributed by atoms with van der Waals surface area (Å²) < 4.78 is 0. The molecule has 3 rings (SSSR count). The molecule has 2 atom stereocenters. The molecular formula is C14H17ClN2O. The quantitative estimate of drug-likeness (QED) is 0.843. The van der Waals surface area contributed by atoms with Gasteiger partial charge in [-0.15, -0.1) is 0 Å². The third kappa shape index (κ3) is 2.25. The minimum absolute atomic E-state index is 0.136. The lowest BCUT2D eigenvalue weighted by Crippen LogP contribution is -2.46. The fourth-order valence-electron chi connectivity index (χ4n) is 3.01. The molecule has 0 aromatic heterocycles. The van der Waals surface area contributed by atoms with Crippen LogP contribution in [0, 0.1) is 5.92 Å². The summed E-state index contributed by atoms with van der Waals surface area (Å²) in [5, 5.41) is 4.18. The number of halogens is 1. The number of carbonyl (C=O) groups excluding carboxylic acids is 1. The van der Waals surface area contributed by atoms with Crippen molar-refractivity contribution in [2.45, 2.75) is 18.9 Å². The second kappa shape index (κ2) is 4.90. The van der Waals surface area contributed by atoms with E-state index in [0.29, 0.717) is 17.0 Å². The van der Waals surface area contributed by atoms with Crippen LogP contribution in [-0.4, -0.2) is 36.5 Å². The van der Waals surface area contributed by atoms with Gasteiger partial charge in [-0.05, 0) is 49.6 Å². The van der Waals surface area contributed by atoms with Gasteiger partial charge in [-0.3, -0.25) is 4.79 Å². The highest BCUT2D eigenvalue weighted by Gasteiger charge is 2.34. The molecule has 2 fully saturated rings. The number of carbonyl (C=O) groups is 1. The van der Waals surface area contributed by atoms with Gasteiger partial charge in [0.15, 0.2) is 0 Å². The number of fused-ring (bicyclic) bond motifs is 1. The van der Waals surface area contributed by atoms with Gasteiger partial charge >= 0.3 is 0 Å². The molecule has 0 spiro atoms. The van der Waals surface area contributed by atoms with Crippen molar-refractivity contribution in [2.75, 3.05) is 19.6 Å². The largest absolute Gasteiger partial charge is 0.338 e. The zero-order valence-corrected chi connectivity index (χ0v) is 11.0. The fourth-order valence-corrected chi connectivity index (χ4v) is 3.13. The van der Waals surface area contributed by atoms with Crippen LogP contribution in [0.5, 0.6) is 0 Å². The van der Waals surface area contributed by atoms with Crippen molar-refractivity contribution in [2.24, 2.45) is 5.92 Å². The normalized spacial score (nSPS) is 27.1. The van der Waals surface area contributed by atoms with E-state index in [0.717, 1.165) is 31.6 Å². The Morgan fingerprint density at radius 2 is 2.06 bits per heavy atom. The number of nitrogens with one attached hydrogen (secondary N) is 1. The van der Waals surface area contributed by atoms with Crippen molar-refractivity contribution >= 4 is 17.5 Å². The molecule has 96 valence electrons. The molecule has 2 aliphatic heterocycles. The van der Waals surface area contributed by atoms with Crippen molar-refractivity contribution in [3.8, 4) is 0 Å². The molecule has 18 heavy (non-hydrogen) atoms. The number of piperidine rings is 1. The van der Waals surface area contributed by atoms with Gasteiger partial charge in [0.25, 0.3) is 5.91 Å². The summed E-state index contributed by atoms with van der Waals surface area (Å²) >= 11 is 5.84. The van der Waals surface area contributed by atoms with Crippen LogP contribution in [0.3, 0.4) is 0 Å². The summed E-state index contributed by atoms with van der Waals surface area (Å²) in [7, 11) is 0. The zero-order chi connectivity index (χ0) is 12.5. The van der Waals surface area contributed by atoms with Gasteiger partial charge in [0.05, 0.1) is 0 Å². The predicted molar refractivity (Wildman–Crippen MR) is 71.9 cm³/mol. The van der Waals surface area contributed by atoms with E-state index in [2.05, 4.69) is 5.32 Å². The highest BCUT2D eigenvalue weighted by atomic mass is 35.5. The van der Waals surface area contributed by atoms with Crippen molar-refractivity contribution in [3.63, 3.8) is 0 Å². The van der Waals surface area contributed by atoms with E-state index in [1.807, 2.05) is 17.0 Å². The molecule has 3 nitrogen and oxygen atoms in total. The molecule has 1 N–H and O–H groups in total. The Kier molecular flexibility index (Phi) is 3.27. The topological polar surface area (TPSA) is 32.3 Å². The molecule has 0 bridgehead atoms. The Hall–Kier alpha value is -1.06. The van der Waals surface area contributed by atoms with Gasteiger partial charge in [0.1, 0.15) is 0 Å². The Morgan fingerprint density at radius 1 is 1.28 bits per heavy atom. The van der Waals surface area contributed by atoms with Crippen LogP contribution in [0.1, 0.15) is 23.2 Å². The monoisotopic (exact) mass is 264 g/mol. The van der Waals surface area contributed by atoms with E-state index in [4.69, 9.17) is 11.6 Å². The van der Waals surface area contributed by atoms with Gasteiger partial charge < -0.3 is 10.2 Å². The third-order valence-corrected chi connectivity index (χ3v) is 4.29. The van der Waals surface area contributed by atoms with Crippen LogP contribution < -0.4 is 5.32 Å². The molecule has 0 saturated carbocycles. The summed E-state index contributed by atoms with van der Waals surface area (Å²) in [6.45, 7) is 2.84. The molecule has 1 aromatic carbocycles. The second-order valence-corrected chi connectivity index (χ2v) is 5.59. The molecule has 0 aliphatic carbocycles.